The van der Waals surface area contributed by atoms with E-state index in [4.69, 9.17) is 25.0 Å². The Labute approximate surface area is 209 Å². The first kappa shape index (κ1) is 24.8. The van der Waals surface area contributed by atoms with Crippen LogP contribution in [0.4, 0.5) is 0 Å². The second-order valence-electron chi connectivity index (χ2n) is 7.68. The Kier molecular flexibility index (Phi) is 10.5. The fraction of sp³-hybridized carbons (Fsp3) is 0.207. The van der Waals surface area contributed by atoms with Crippen molar-refractivity contribution in [1.29, 1.82) is 0 Å². The largest absolute Gasteiger partial charge is 0.179 e. The van der Waals surface area contributed by atoms with Gasteiger partial charge in [-0.05, 0) is 12.8 Å². The zero-order chi connectivity index (χ0) is 22.6. The number of terminal acetylenes is 1. The maximum atomic E-state index is 5.23. The molecule has 0 saturated carbocycles. The number of aryl methyl sites for hydroxylation is 1. The average molecular weight is 493 g/mol. The first-order valence-corrected chi connectivity index (χ1v) is 15.2. The molecule has 0 atom stereocenters. The van der Waals surface area contributed by atoms with Gasteiger partial charge >= 0.3 is 35.6 Å². The van der Waals surface area contributed by atoms with Crippen LogP contribution in [0.3, 0.4) is 0 Å². The molecule has 4 aromatic carbocycles. The number of unbranched alkanes of at least 4 members (excludes halogenated alkanes) is 3. The molecule has 0 N–H and O–H groups in total. The van der Waals surface area contributed by atoms with E-state index >= 15 is 0 Å². The monoisotopic (exact) mass is 492 g/mol. The molecular weight excluding hydrogens is 467 g/mol. The zero-order valence-corrected chi connectivity index (χ0v) is 21.2. The van der Waals surface area contributed by atoms with Crippen LogP contribution in [-0.2, 0) is 29.9 Å². The topological polar surface area (TPSA) is 0 Å². The van der Waals surface area contributed by atoms with Gasteiger partial charge in [0.05, 0.1) is 0 Å². The second kappa shape index (κ2) is 13.6. The maximum Gasteiger partial charge on any atom is -0.0253 e. The van der Waals surface area contributed by atoms with Crippen molar-refractivity contribution in [2.24, 2.45) is 0 Å². The predicted molar refractivity (Wildman–Crippen MR) is 136 cm³/mol. The number of fused-ring (bicyclic) bond motifs is 4. The molecule has 0 unspecified atom stereocenters. The van der Waals surface area contributed by atoms with Crippen molar-refractivity contribution in [3.8, 4) is 23.5 Å². The molecule has 1 aliphatic rings. The summed E-state index contributed by atoms with van der Waals surface area (Å²) in [5.74, 6) is 2.69. The Balaban J connectivity index is 0.000000163. The maximum absolute atomic E-state index is 5.23. The molecule has 0 nitrogen and oxygen atoms in total. The molecule has 5 rings (SSSR count). The van der Waals surface area contributed by atoms with Gasteiger partial charge in [0.1, 0.15) is 0 Å². The van der Waals surface area contributed by atoms with Gasteiger partial charge in [-0.25, -0.2) is 0 Å². The summed E-state index contributed by atoms with van der Waals surface area (Å²) in [6.45, 7) is 0. The first-order valence-electron chi connectivity index (χ1n) is 10.9. The van der Waals surface area contributed by atoms with Gasteiger partial charge in [0, 0.05) is 6.42 Å². The van der Waals surface area contributed by atoms with Crippen molar-refractivity contribution in [3.05, 3.63) is 102 Å². The van der Waals surface area contributed by atoms with E-state index in [1.54, 1.807) is 0 Å². The van der Waals surface area contributed by atoms with Crippen molar-refractivity contribution in [2.45, 2.75) is 38.5 Å². The third kappa shape index (κ3) is 6.81. The number of hydrogen-bond acceptors (Lipinski definition) is 0. The summed E-state index contributed by atoms with van der Waals surface area (Å²) in [7, 11) is 9.78. The van der Waals surface area contributed by atoms with E-state index in [0.717, 1.165) is 19.3 Å². The van der Waals surface area contributed by atoms with Crippen molar-refractivity contribution in [3.63, 3.8) is 0 Å². The number of halogens is 2. The minimum atomic E-state index is -0.556. The van der Waals surface area contributed by atoms with E-state index in [2.05, 4.69) is 84.8 Å². The molecule has 0 spiro atoms. The molecule has 0 heterocycles. The summed E-state index contributed by atoms with van der Waals surface area (Å²) in [5.41, 5.74) is 6.99. The van der Waals surface area contributed by atoms with Gasteiger partial charge in [-0.15, -0.1) is 58.5 Å². The van der Waals surface area contributed by atoms with Crippen LogP contribution in [0.15, 0.2) is 78.9 Å². The van der Waals surface area contributed by atoms with E-state index < -0.39 is 17.0 Å². The summed E-state index contributed by atoms with van der Waals surface area (Å²) in [4.78, 5) is 0. The van der Waals surface area contributed by atoms with Gasteiger partial charge in [0.2, 0.25) is 0 Å². The molecular formula is C29H26Cl2Ti-2. The average Bonchev–Trinajstić information content (AvgIpc) is 3.41. The standard InChI is InChI=1S/C16H17.C13H9.2ClH.Ti/c1-2-3-4-5-6-9-14-12-13-15-10-7-8-11-16(14)15;1-3-7-12-10(5-1)9-11-6-2-4-8-13(11)12;;;/h1,7-8,10-13H,3-6,9H2;1-5,7-8H,9H2;2*1H;/q2*-1;;;+2/p-2. The fourth-order valence-corrected chi connectivity index (χ4v) is 4.15. The van der Waals surface area contributed by atoms with Crippen LogP contribution in [0.5, 0.6) is 0 Å². The molecule has 0 amide bonds. The minimum Gasteiger partial charge on any atom is -0.179 e. The van der Waals surface area contributed by atoms with Crippen molar-refractivity contribution in [1.82, 2.24) is 0 Å². The Hall–Kier alpha value is -1.88. The van der Waals surface area contributed by atoms with Gasteiger partial charge in [-0.2, -0.15) is 35.9 Å². The Bertz CT molecular complexity index is 1110. The molecule has 4 aromatic rings. The Morgan fingerprint density at radius 1 is 0.906 bits per heavy atom. The number of benzene rings is 3. The van der Waals surface area contributed by atoms with Crippen molar-refractivity contribution >= 4 is 29.4 Å². The summed E-state index contributed by atoms with van der Waals surface area (Å²) in [6, 6.07) is 31.2. The van der Waals surface area contributed by atoms with Gasteiger partial charge in [-0.3, -0.25) is 0 Å². The summed E-state index contributed by atoms with van der Waals surface area (Å²) < 4.78 is 0. The molecule has 0 bridgehead atoms. The third-order valence-corrected chi connectivity index (χ3v) is 5.65. The van der Waals surface area contributed by atoms with Gasteiger partial charge < -0.3 is 0 Å². The van der Waals surface area contributed by atoms with Crippen molar-refractivity contribution in [2.75, 3.05) is 0 Å². The molecule has 32 heavy (non-hydrogen) atoms. The van der Waals surface area contributed by atoms with E-state index in [1.165, 1.54) is 57.9 Å². The summed E-state index contributed by atoms with van der Waals surface area (Å²) in [5, 5.41) is 2.78. The molecule has 0 aromatic heterocycles. The molecule has 0 fully saturated rings. The van der Waals surface area contributed by atoms with Crippen LogP contribution in [0.25, 0.3) is 21.9 Å². The second-order valence-corrected chi connectivity index (χ2v) is 10.3. The predicted octanol–water partition coefficient (Wildman–Crippen LogP) is 8.73. The van der Waals surface area contributed by atoms with Gasteiger partial charge in [-0.1, -0.05) is 60.7 Å². The smallest absolute Gasteiger partial charge is 0.0253 e. The number of rotatable bonds is 5. The summed E-state index contributed by atoms with van der Waals surface area (Å²) >= 11 is -0.556. The first-order chi connectivity index (χ1) is 15.8. The Morgan fingerprint density at radius 3 is 2.50 bits per heavy atom. The van der Waals surface area contributed by atoms with E-state index in [0.29, 0.717) is 0 Å². The van der Waals surface area contributed by atoms with Crippen LogP contribution in [0, 0.1) is 18.4 Å². The molecule has 162 valence electrons. The number of hydrogen-bond donors (Lipinski definition) is 0. The van der Waals surface area contributed by atoms with E-state index in [-0.39, 0.29) is 0 Å². The summed E-state index contributed by atoms with van der Waals surface area (Å²) in [6.07, 6.45) is 12.0. The SMILES string of the molecule is C#CCCCCC[c-]1ccc2ccccc21.[Cl][Ti][Cl].[c-]1cccc2c1Cc1ccccc1-2. The zero-order valence-electron chi connectivity index (χ0n) is 18.1. The van der Waals surface area contributed by atoms with Crippen molar-refractivity contribution < 1.29 is 17.0 Å². The fourth-order valence-electron chi connectivity index (χ4n) is 4.15. The van der Waals surface area contributed by atoms with Gasteiger partial charge in [0.25, 0.3) is 0 Å². The van der Waals surface area contributed by atoms with Gasteiger partial charge in [0.15, 0.2) is 0 Å². The van der Waals surface area contributed by atoms with Crippen LogP contribution in [0.2, 0.25) is 0 Å². The van der Waals surface area contributed by atoms with Crippen LogP contribution < -0.4 is 0 Å². The molecule has 1 aliphatic carbocycles. The molecule has 0 radical (unpaired) electrons. The quantitative estimate of drug-likeness (QED) is 0.0994. The third-order valence-electron chi connectivity index (χ3n) is 5.65. The minimum absolute atomic E-state index is 0.556. The van der Waals surface area contributed by atoms with E-state index in [1.807, 2.05) is 6.07 Å². The molecule has 0 aliphatic heterocycles. The van der Waals surface area contributed by atoms with E-state index in [9.17, 15) is 0 Å². The van der Waals surface area contributed by atoms with Crippen LogP contribution in [-0.4, -0.2) is 0 Å². The van der Waals surface area contributed by atoms with Crippen LogP contribution >= 0.6 is 18.6 Å². The molecule has 3 heteroatoms. The normalized spacial score (nSPS) is 10.7. The molecule has 0 saturated heterocycles. The Morgan fingerprint density at radius 2 is 1.66 bits per heavy atom. The van der Waals surface area contributed by atoms with Crippen LogP contribution in [0.1, 0.15) is 42.4 Å².